The van der Waals surface area contributed by atoms with E-state index in [0.717, 1.165) is 32.6 Å². The summed E-state index contributed by atoms with van der Waals surface area (Å²) in [6, 6.07) is 0. The van der Waals surface area contributed by atoms with Crippen LogP contribution < -0.4 is 5.73 Å². The van der Waals surface area contributed by atoms with Gasteiger partial charge in [0, 0.05) is 39.1 Å². The second-order valence-electron chi connectivity index (χ2n) is 6.44. The zero-order valence-corrected chi connectivity index (χ0v) is 12.8. The Bertz CT molecular complexity index is 369. The first kappa shape index (κ1) is 15.1. The van der Waals surface area contributed by atoms with Crippen LogP contribution in [0.15, 0.2) is 4.99 Å². The fourth-order valence-corrected chi connectivity index (χ4v) is 3.08. The van der Waals surface area contributed by atoms with Gasteiger partial charge in [0.15, 0.2) is 5.96 Å². The lowest BCUT2D eigenvalue weighted by atomic mass is 10.0. The van der Waals surface area contributed by atoms with Crippen LogP contribution in [0.1, 0.15) is 39.5 Å². The molecule has 0 aromatic carbocycles. The molecule has 20 heavy (non-hydrogen) atoms. The summed E-state index contributed by atoms with van der Waals surface area (Å²) in [6.45, 7) is 8.88. The number of hydrogen-bond acceptors (Lipinski definition) is 2. The molecule has 2 aliphatic heterocycles. The summed E-state index contributed by atoms with van der Waals surface area (Å²) in [7, 11) is 0. The molecule has 2 heterocycles. The van der Waals surface area contributed by atoms with Crippen LogP contribution in [0.4, 0.5) is 0 Å². The minimum atomic E-state index is 0.290. The quantitative estimate of drug-likeness (QED) is 0.623. The number of piperidine rings is 1. The molecule has 0 aromatic heterocycles. The Morgan fingerprint density at radius 2 is 2.25 bits per heavy atom. The maximum Gasteiger partial charge on any atom is 0.222 e. The standard InChI is InChI=1S/C15H28N4O/c1-12-5-3-8-19(10-12)15(16)17-9-13(2)11-18-7-4-6-14(18)20/h12-13H,3-11H2,1-2H3,(H2,16,17)/t12-,13+/m0/s1. The number of carbonyl (C=O) groups excluding carboxylic acids is 1. The van der Waals surface area contributed by atoms with E-state index in [4.69, 9.17) is 5.73 Å². The number of likely N-dealkylation sites (tertiary alicyclic amines) is 2. The van der Waals surface area contributed by atoms with Crippen LogP contribution in [0.25, 0.3) is 0 Å². The number of amides is 1. The van der Waals surface area contributed by atoms with E-state index in [9.17, 15) is 4.79 Å². The van der Waals surface area contributed by atoms with E-state index in [-0.39, 0.29) is 0 Å². The fraction of sp³-hybridized carbons (Fsp3) is 0.867. The lowest BCUT2D eigenvalue weighted by molar-refractivity contribution is -0.128. The van der Waals surface area contributed by atoms with E-state index in [2.05, 4.69) is 23.7 Å². The molecule has 2 aliphatic rings. The average Bonchev–Trinajstić information content (AvgIpc) is 2.81. The van der Waals surface area contributed by atoms with Crippen LogP contribution >= 0.6 is 0 Å². The highest BCUT2D eigenvalue weighted by Crippen LogP contribution is 2.15. The van der Waals surface area contributed by atoms with Gasteiger partial charge in [-0.3, -0.25) is 9.79 Å². The van der Waals surface area contributed by atoms with Crippen LogP contribution in [0.2, 0.25) is 0 Å². The van der Waals surface area contributed by atoms with E-state index in [0.29, 0.717) is 36.7 Å². The van der Waals surface area contributed by atoms with Crippen molar-refractivity contribution in [1.82, 2.24) is 9.80 Å². The van der Waals surface area contributed by atoms with E-state index in [1.807, 2.05) is 4.90 Å². The van der Waals surface area contributed by atoms with Crippen LogP contribution in [0.3, 0.4) is 0 Å². The summed E-state index contributed by atoms with van der Waals surface area (Å²) in [4.78, 5) is 20.3. The Kier molecular flexibility index (Phi) is 5.26. The molecule has 0 unspecified atom stereocenters. The first-order valence-electron chi connectivity index (χ1n) is 7.89. The maximum atomic E-state index is 11.6. The highest BCUT2D eigenvalue weighted by Gasteiger charge is 2.22. The van der Waals surface area contributed by atoms with Crippen molar-refractivity contribution in [2.45, 2.75) is 39.5 Å². The minimum absolute atomic E-state index is 0.290. The molecule has 5 nitrogen and oxygen atoms in total. The van der Waals surface area contributed by atoms with Gasteiger partial charge in [-0.25, -0.2) is 0 Å². The molecule has 114 valence electrons. The number of nitrogens with two attached hydrogens (primary N) is 1. The molecule has 5 heteroatoms. The Hall–Kier alpha value is -1.26. The van der Waals surface area contributed by atoms with Gasteiger partial charge in [-0.05, 0) is 31.1 Å². The van der Waals surface area contributed by atoms with Gasteiger partial charge in [-0.1, -0.05) is 13.8 Å². The largest absolute Gasteiger partial charge is 0.370 e. The van der Waals surface area contributed by atoms with Crippen molar-refractivity contribution in [3.63, 3.8) is 0 Å². The summed E-state index contributed by atoms with van der Waals surface area (Å²) in [5.74, 6) is 2.05. The van der Waals surface area contributed by atoms with E-state index < -0.39 is 0 Å². The summed E-state index contributed by atoms with van der Waals surface area (Å²) in [5, 5.41) is 0. The first-order valence-corrected chi connectivity index (χ1v) is 7.89. The van der Waals surface area contributed by atoms with Crippen molar-refractivity contribution < 1.29 is 4.79 Å². The van der Waals surface area contributed by atoms with Crippen LogP contribution in [0.5, 0.6) is 0 Å². The Morgan fingerprint density at radius 3 is 2.90 bits per heavy atom. The zero-order chi connectivity index (χ0) is 14.5. The average molecular weight is 280 g/mol. The number of nitrogens with zero attached hydrogens (tertiary/aromatic N) is 3. The van der Waals surface area contributed by atoms with Gasteiger partial charge < -0.3 is 15.5 Å². The Morgan fingerprint density at radius 1 is 1.45 bits per heavy atom. The van der Waals surface area contributed by atoms with Gasteiger partial charge >= 0.3 is 0 Å². The summed E-state index contributed by atoms with van der Waals surface area (Å²) >= 11 is 0. The third kappa shape index (κ3) is 4.12. The highest BCUT2D eigenvalue weighted by molar-refractivity contribution is 5.78. The summed E-state index contributed by atoms with van der Waals surface area (Å²) in [5.41, 5.74) is 6.09. The first-order chi connectivity index (χ1) is 9.56. The van der Waals surface area contributed by atoms with Gasteiger partial charge in [-0.15, -0.1) is 0 Å². The molecule has 2 rings (SSSR count). The van der Waals surface area contributed by atoms with Gasteiger partial charge in [0.25, 0.3) is 0 Å². The molecule has 0 bridgehead atoms. The van der Waals surface area contributed by atoms with Crippen molar-refractivity contribution in [2.75, 3.05) is 32.7 Å². The molecule has 2 atom stereocenters. The number of aliphatic imine (C=N–C) groups is 1. The molecule has 1 amide bonds. The molecular weight excluding hydrogens is 252 g/mol. The van der Waals surface area contributed by atoms with Crippen molar-refractivity contribution in [2.24, 2.45) is 22.6 Å². The van der Waals surface area contributed by atoms with Crippen LogP contribution in [0, 0.1) is 11.8 Å². The lowest BCUT2D eigenvalue weighted by Gasteiger charge is -2.31. The molecule has 2 N–H and O–H groups in total. The molecule has 2 fully saturated rings. The maximum absolute atomic E-state index is 11.6. The second-order valence-corrected chi connectivity index (χ2v) is 6.44. The zero-order valence-electron chi connectivity index (χ0n) is 12.8. The molecule has 0 saturated carbocycles. The predicted octanol–water partition coefficient (Wildman–Crippen LogP) is 1.29. The predicted molar refractivity (Wildman–Crippen MR) is 81.4 cm³/mol. The van der Waals surface area contributed by atoms with Crippen molar-refractivity contribution >= 4 is 11.9 Å². The van der Waals surface area contributed by atoms with E-state index >= 15 is 0 Å². The number of carbonyl (C=O) groups is 1. The summed E-state index contributed by atoms with van der Waals surface area (Å²) < 4.78 is 0. The van der Waals surface area contributed by atoms with Crippen molar-refractivity contribution in [1.29, 1.82) is 0 Å². The number of rotatable bonds is 4. The Balaban J connectivity index is 1.77. The van der Waals surface area contributed by atoms with Gasteiger partial charge in [0.05, 0.1) is 0 Å². The minimum Gasteiger partial charge on any atom is -0.370 e. The van der Waals surface area contributed by atoms with Gasteiger partial charge in [-0.2, -0.15) is 0 Å². The van der Waals surface area contributed by atoms with Gasteiger partial charge in [0.1, 0.15) is 0 Å². The van der Waals surface area contributed by atoms with Crippen LogP contribution in [-0.4, -0.2) is 54.4 Å². The van der Waals surface area contributed by atoms with E-state index in [1.54, 1.807) is 0 Å². The van der Waals surface area contributed by atoms with E-state index in [1.165, 1.54) is 12.8 Å². The second kappa shape index (κ2) is 6.95. The molecule has 2 saturated heterocycles. The molecule has 0 radical (unpaired) electrons. The third-order valence-corrected chi connectivity index (χ3v) is 4.25. The number of guanidine groups is 1. The fourth-order valence-electron chi connectivity index (χ4n) is 3.08. The summed E-state index contributed by atoms with van der Waals surface area (Å²) in [6.07, 6.45) is 4.21. The van der Waals surface area contributed by atoms with Gasteiger partial charge in [0.2, 0.25) is 5.91 Å². The molecule has 0 aliphatic carbocycles. The lowest BCUT2D eigenvalue weighted by Crippen LogP contribution is -2.43. The SMILES string of the molecule is C[C@H](CN=C(N)N1CCC[C@H](C)C1)CN1CCCC1=O. The van der Waals surface area contributed by atoms with Crippen molar-refractivity contribution in [3.05, 3.63) is 0 Å². The highest BCUT2D eigenvalue weighted by atomic mass is 16.2. The third-order valence-electron chi connectivity index (χ3n) is 4.25. The molecule has 0 spiro atoms. The topological polar surface area (TPSA) is 61.9 Å². The normalized spacial score (nSPS) is 26.2. The Labute approximate surface area is 122 Å². The van der Waals surface area contributed by atoms with Crippen molar-refractivity contribution in [3.8, 4) is 0 Å². The smallest absolute Gasteiger partial charge is 0.222 e. The van der Waals surface area contributed by atoms with Crippen LogP contribution in [-0.2, 0) is 4.79 Å². The number of hydrogen-bond donors (Lipinski definition) is 1. The molecular formula is C15H28N4O. The monoisotopic (exact) mass is 280 g/mol. The molecule has 0 aromatic rings.